The second-order valence-corrected chi connectivity index (χ2v) is 4.89. The van der Waals surface area contributed by atoms with E-state index < -0.39 is 11.6 Å². The minimum Gasteiger partial charge on any atom is -0.361 e. The number of halogens is 2. The van der Waals surface area contributed by atoms with Gasteiger partial charge in [0.1, 0.15) is 11.6 Å². The van der Waals surface area contributed by atoms with Crippen molar-refractivity contribution in [3.8, 4) is 0 Å². The first kappa shape index (κ1) is 14.4. The van der Waals surface area contributed by atoms with Crippen molar-refractivity contribution in [3.63, 3.8) is 0 Å². The molecule has 1 N–H and O–H groups in total. The standard InChI is InChI=1S/C15H15F2NO2/c1-2-9-3-14(19)13(15(20)4-9)8-18-12-6-10(16)5-11(17)7-12/h5-9,18H,2-4H2,1H3. The number of carbonyl (C=O) groups excluding carboxylic acids is 2. The molecule has 0 radical (unpaired) electrons. The van der Waals surface area contributed by atoms with Crippen molar-refractivity contribution < 1.29 is 18.4 Å². The van der Waals surface area contributed by atoms with E-state index in [0.717, 1.165) is 24.6 Å². The van der Waals surface area contributed by atoms with Gasteiger partial charge in [0, 0.05) is 30.8 Å². The van der Waals surface area contributed by atoms with Crippen molar-refractivity contribution in [2.24, 2.45) is 5.92 Å². The van der Waals surface area contributed by atoms with Crippen LogP contribution in [0.5, 0.6) is 0 Å². The Hall–Kier alpha value is -2.04. The lowest BCUT2D eigenvalue weighted by atomic mass is 9.83. The third kappa shape index (κ3) is 3.29. The fourth-order valence-electron chi connectivity index (χ4n) is 2.21. The minimum absolute atomic E-state index is 0.0689. The summed E-state index contributed by atoms with van der Waals surface area (Å²) in [6.07, 6.45) is 2.71. The van der Waals surface area contributed by atoms with Gasteiger partial charge in [-0.25, -0.2) is 8.78 Å². The van der Waals surface area contributed by atoms with Crippen LogP contribution in [-0.4, -0.2) is 11.6 Å². The Morgan fingerprint density at radius 2 is 1.70 bits per heavy atom. The Balaban J connectivity index is 2.14. The Kier molecular flexibility index (Phi) is 4.27. The van der Waals surface area contributed by atoms with Crippen LogP contribution < -0.4 is 5.32 Å². The average Bonchev–Trinajstić information content (AvgIpc) is 2.36. The number of carbonyl (C=O) groups is 2. The second-order valence-electron chi connectivity index (χ2n) is 4.89. The molecule has 1 fully saturated rings. The first-order valence-electron chi connectivity index (χ1n) is 6.48. The molecule has 106 valence electrons. The number of hydrogen-bond donors (Lipinski definition) is 1. The first-order valence-corrected chi connectivity index (χ1v) is 6.48. The van der Waals surface area contributed by atoms with Crippen molar-refractivity contribution in [2.75, 3.05) is 5.32 Å². The molecule has 0 unspecified atom stereocenters. The maximum Gasteiger partial charge on any atom is 0.168 e. The van der Waals surface area contributed by atoms with Crippen LogP contribution in [0.3, 0.4) is 0 Å². The SMILES string of the molecule is CCC1CC(=O)C(=CNc2cc(F)cc(F)c2)C(=O)C1. The van der Waals surface area contributed by atoms with Crippen LogP contribution >= 0.6 is 0 Å². The molecule has 0 heterocycles. The number of nitrogens with one attached hydrogen (secondary N) is 1. The molecule has 3 nitrogen and oxygen atoms in total. The predicted molar refractivity (Wildman–Crippen MR) is 71.1 cm³/mol. The first-order chi connectivity index (χ1) is 9.49. The quantitative estimate of drug-likeness (QED) is 0.682. The zero-order valence-corrected chi connectivity index (χ0v) is 11.1. The van der Waals surface area contributed by atoms with Gasteiger partial charge < -0.3 is 5.32 Å². The molecule has 1 aliphatic rings. The van der Waals surface area contributed by atoms with E-state index in [4.69, 9.17) is 0 Å². The van der Waals surface area contributed by atoms with Crippen LogP contribution in [0, 0.1) is 17.6 Å². The summed E-state index contributed by atoms with van der Waals surface area (Å²) in [6.45, 7) is 1.94. The summed E-state index contributed by atoms with van der Waals surface area (Å²) < 4.78 is 26.0. The van der Waals surface area contributed by atoms with Gasteiger partial charge in [0.25, 0.3) is 0 Å². The van der Waals surface area contributed by atoms with Gasteiger partial charge in [0.2, 0.25) is 0 Å². The molecule has 0 aromatic heterocycles. The molecule has 0 bridgehead atoms. The Morgan fingerprint density at radius 3 is 2.20 bits per heavy atom. The Bertz CT molecular complexity index is 541. The van der Waals surface area contributed by atoms with Crippen LogP contribution in [0.2, 0.25) is 0 Å². The van der Waals surface area contributed by atoms with Gasteiger partial charge in [-0.2, -0.15) is 0 Å². The minimum atomic E-state index is -0.724. The lowest BCUT2D eigenvalue weighted by Gasteiger charge is -2.20. The molecule has 1 aromatic rings. The number of Topliss-reactive ketones (excluding diaryl/α,β-unsaturated/α-hetero) is 2. The largest absolute Gasteiger partial charge is 0.361 e. The Morgan fingerprint density at radius 1 is 1.15 bits per heavy atom. The van der Waals surface area contributed by atoms with Crippen LogP contribution in [0.25, 0.3) is 0 Å². The van der Waals surface area contributed by atoms with Crippen LogP contribution in [-0.2, 0) is 9.59 Å². The van der Waals surface area contributed by atoms with Crippen molar-refractivity contribution in [2.45, 2.75) is 26.2 Å². The van der Waals surface area contributed by atoms with Gasteiger partial charge in [-0.3, -0.25) is 9.59 Å². The second kappa shape index (κ2) is 5.94. The van der Waals surface area contributed by atoms with Gasteiger partial charge in [-0.15, -0.1) is 0 Å². The van der Waals surface area contributed by atoms with Gasteiger partial charge in [0.15, 0.2) is 11.6 Å². The fourth-order valence-corrected chi connectivity index (χ4v) is 2.21. The lowest BCUT2D eigenvalue weighted by molar-refractivity contribution is -0.125. The summed E-state index contributed by atoms with van der Waals surface area (Å²) in [5.74, 6) is -1.80. The van der Waals surface area contributed by atoms with E-state index in [9.17, 15) is 18.4 Å². The third-order valence-corrected chi connectivity index (χ3v) is 3.37. The highest BCUT2D eigenvalue weighted by atomic mass is 19.1. The van der Waals surface area contributed by atoms with Crippen LogP contribution in [0.1, 0.15) is 26.2 Å². The van der Waals surface area contributed by atoms with Crippen molar-refractivity contribution in [3.05, 3.63) is 41.6 Å². The maximum atomic E-state index is 13.0. The predicted octanol–water partition coefficient (Wildman–Crippen LogP) is 3.22. The number of hydrogen-bond acceptors (Lipinski definition) is 3. The highest BCUT2D eigenvalue weighted by Crippen LogP contribution is 2.25. The molecule has 20 heavy (non-hydrogen) atoms. The van der Waals surface area contributed by atoms with Crippen LogP contribution in [0.15, 0.2) is 30.0 Å². The summed E-state index contributed by atoms with van der Waals surface area (Å²) in [7, 11) is 0. The lowest BCUT2D eigenvalue weighted by Crippen LogP contribution is -2.26. The molecular weight excluding hydrogens is 264 g/mol. The van der Waals surface area contributed by atoms with E-state index >= 15 is 0 Å². The van der Waals surface area contributed by atoms with Crippen molar-refractivity contribution in [1.29, 1.82) is 0 Å². The molecule has 0 amide bonds. The molecule has 1 saturated carbocycles. The number of ketones is 2. The summed E-state index contributed by atoms with van der Waals surface area (Å²) >= 11 is 0. The van der Waals surface area contributed by atoms with E-state index in [1.165, 1.54) is 6.20 Å². The molecule has 2 rings (SSSR count). The van der Waals surface area contributed by atoms with E-state index in [1.807, 2.05) is 6.92 Å². The zero-order valence-electron chi connectivity index (χ0n) is 11.1. The molecule has 0 atom stereocenters. The van der Waals surface area contributed by atoms with Gasteiger partial charge in [0.05, 0.1) is 5.57 Å². The zero-order chi connectivity index (χ0) is 14.7. The van der Waals surface area contributed by atoms with E-state index in [0.29, 0.717) is 12.8 Å². The highest BCUT2D eigenvalue weighted by Gasteiger charge is 2.29. The van der Waals surface area contributed by atoms with E-state index in [1.54, 1.807) is 0 Å². The number of allylic oxidation sites excluding steroid dienone is 1. The summed E-state index contributed by atoms with van der Waals surface area (Å²) in [6, 6.07) is 2.93. The van der Waals surface area contributed by atoms with Crippen molar-refractivity contribution in [1.82, 2.24) is 0 Å². The van der Waals surface area contributed by atoms with Crippen LogP contribution in [0.4, 0.5) is 14.5 Å². The Labute approximate surface area is 115 Å². The fraction of sp³-hybridized carbons (Fsp3) is 0.333. The smallest absolute Gasteiger partial charge is 0.168 e. The molecule has 1 aromatic carbocycles. The third-order valence-electron chi connectivity index (χ3n) is 3.37. The summed E-state index contributed by atoms with van der Waals surface area (Å²) in [5.41, 5.74) is 0.229. The maximum absolute atomic E-state index is 13.0. The van der Waals surface area contributed by atoms with E-state index in [2.05, 4.69) is 5.32 Å². The van der Waals surface area contributed by atoms with E-state index in [-0.39, 0.29) is 28.7 Å². The molecule has 0 saturated heterocycles. The van der Waals surface area contributed by atoms with Crippen molar-refractivity contribution >= 4 is 17.3 Å². The summed E-state index contributed by atoms with van der Waals surface area (Å²) in [5, 5.41) is 2.61. The number of rotatable bonds is 3. The highest BCUT2D eigenvalue weighted by molar-refractivity contribution is 6.22. The topological polar surface area (TPSA) is 46.2 Å². The molecule has 0 spiro atoms. The van der Waals surface area contributed by atoms with Gasteiger partial charge in [-0.05, 0) is 18.1 Å². The molecule has 1 aliphatic carbocycles. The van der Waals surface area contributed by atoms with Gasteiger partial charge >= 0.3 is 0 Å². The normalized spacial score (nSPS) is 19.1. The average molecular weight is 279 g/mol. The molecule has 5 heteroatoms. The monoisotopic (exact) mass is 279 g/mol. The van der Waals surface area contributed by atoms with Gasteiger partial charge in [-0.1, -0.05) is 13.3 Å². The molecule has 0 aliphatic heterocycles. The number of anilines is 1. The molecular formula is C15H15F2NO2. The summed E-state index contributed by atoms with van der Waals surface area (Å²) in [4.78, 5) is 23.7. The number of benzene rings is 1.